The van der Waals surface area contributed by atoms with Gasteiger partial charge in [0, 0.05) is 0 Å². The first kappa shape index (κ1) is 32.2. The second-order valence-electron chi connectivity index (χ2n) is 9.78. The van der Waals surface area contributed by atoms with E-state index in [1.807, 2.05) is 0 Å². The molecule has 30 heavy (non-hydrogen) atoms. The van der Waals surface area contributed by atoms with E-state index in [0.29, 0.717) is 0 Å². The van der Waals surface area contributed by atoms with Gasteiger partial charge in [-0.25, -0.2) is 0 Å². The molecular weight excluding hydrogens is 360 g/mol. The molecule has 0 nitrogen and oxygen atoms in total. The molecule has 0 bridgehead atoms. The maximum atomic E-state index is 2.29. The third-order valence-electron chi connectivity index (χ3n) is 6.41. The molecule has 0 aromatic heterocycles. The van der Waals surface area contributed by atoms with E-state index >= 15 is 0 Å². The molecule has 0 heterocycles. The Kier molecular flexibility index (Phi) is 36.1. The normalized spacial score (nSPS) is 10.8. The van der Waals surface area contributed by atoms with Crippen molar-refractivity contribution in [2.24, 2.45) is 0 Å². The molecule has 0 aliphatic rings. The van der Waals surface area contributed by atoms with Crippen LogP contribution in [0.3, 0.4) is 0 Å². The van der Waals surface area contributed by atoms with Gasteiger partial charge in [0.25, 0.3) is 0 Å². The lowest BCUT2D eigenvalue weighted by molar-refractivity contribution is 0.542. The van der Waals surface area contributed by atoms with E-state index in [9.17, 15) is 0 Å². The SMILES string of the molecule is CCCCCCCCCCCCCCC.CCCCCCCCCCCCCCC. The average molecular weight is 425 g/mol. The van der Waals surface area contributed by atoms with Gasteiger partial charge in [-0.3, -0.25) is 0 Å². The van der Waals surface area contributed by atoms with Gasteiger partial charge in [0.1, 0.15) is 0 Å². The van der Waals surface area contributed by atoms with Crippen molar-refractivity contribution in [3.63, 3.8) is 0 Å². The van der Waals surface area contributed by atoms with E-state index in [2.05, 4.69) is 27.7 Å². The Morgan fingerprint density at radius 2 is 0.267 bits per heavy atom. The fourth-order valence-electron chi connectivity index (χ4n) is 4.18. The smallest absolute Gasteiger partial charge is 0.0533 e. The molecule has 0 aromatic carbocycles. The van der Waals surface area contributed by atoms with Gasteiger partial charge < -0.3 is 0 Å². The van der Waals surface area contributed by atoms with Crippen LogP contribution in [0.1, 0.15) is 195 Å². The highest BCUT2D eigenvalue weighted by molar-refractivity contribution is 4.49. The second kappa shape index (κ2) is 33.6. The zero-order valence-electron chi connectivity index (χ0n) is 22.4. The highest BCUT2D eigenvalue weighted by atomic mass is 14.0. The Hall–Kier alpha value is 0. The van der Waals surface area contributed by atoms with Crippen LogP contribution in [0.25, 0.3) is 0 Å². The van der Waals surface area contributed by atoms with Gasteiger partial charge >= 0.3 is 0 Å². The molecule has 0 amide bonds. The number of hydrogen-bond donors (Lipinski definition) is 0. The van der Waals surface area contributed by atoms with Gasteiger partial charge in [-0.1, -0.05) is 195 Å². The fraction of sp³-hybridized carbons (Fsp3) is 1.00. The van der Waals surface area contributed by atoms with E-state index in [1.54, 1.807) is 0 Å². The molecule has 0 saturated heterocycles. The highest BCUT2D eigenvalue weighted by Gasteiger charge is 1.93. The Labute approximate surface area is 194 Å². The summed E-state index contributed by atoms with van der Waals surface area (Å²) in [4.78, 5) is 0. The Bertz CT molecular complexity index is 194. The zero-order chi connectivity index (χ0) is 22.4. The summed E-state index contributed by atoms with van der Waals surface area (Å²) in [6.07, 6.45) is 37.8. The van der Waals surface area contributed by atoms with Crippen LogP contribution in [0.15, 0.2) is 0 Å². The number of rotatable bonds is 24. The highest BCUT2D eigenvalue weighted by Crippen LogP contribution is 2.13. The van der Waals surface area contributed by atoms with Crippen molar-refractivity contribution >= 4 is 0 Å². The molecule has 0 fully saturated rings. The van der Waals surface area contributed by atoms with Crippen LogP contribution in [-0.2, 0) is 0 Å². The third-order valence-corrected chi connectivity index (χ3v) is 6.41. The lowest BCUT2D eigenvalue weighted by Crippen LogP contribution is -1.82. The van der Waals surface area contributed by atoms with Crippen molar-refractivity contribution in [3.8, 4) is 0 Å². The Balaban J connectivity index is 0. The van der Waals surface area contributed by atoms with Crippen molar-refractivity contribution in [2.45, 2.75) is 195 Å². The molecule has 0 saturated carbocycles. The molecule has 0 heteroatoms. The molecule has 0 aliphatic carbocycles. The van der Waals surface area contributed by atoms with Crippen LogP contribution in [0.2, 0.25) is 0 Å². The van der Waals surface area contributed by atoms with Crippen LogP contribution < -0.4 is 0 Å². The van der Waals surface area contributed by atoms with Crippen molar-refractivity contribution in [3.05, 3.63) is 0 Å². The molecule has 0 atom stereocenters. The third kappa shape index (κ3) is 35.4. The van der Waals surface area contributed by atoms with Crippen molar-refractivity contribution in [2.75, 3.05) is 0 Å². The summed E-state index contributed by atoms with van der Waals surface area (Å²) in [7, 11) is 0. The van der Waals surface area contributed by atoms with Gasteiger partial charge in [0.15, 0.2) is 0 Å². The van der Waals surface area contributed by atoms with Crippen molar-refractivity contribution in [1.82, 2.24) is 0 Å². The maximum absolute atomic E-state index is 2.29. The first-order chi connectivity index (χ1) is 14.8. The van der Waals surface area contributed by atoms with Gasteiger partial charge in [0.05, 0.1) is 0 Å². The van der Waals surface area contributed by atoms with E-state index in [-0.39, 0.29) is 0 Å². The van der Waals surface area contributed by atoms with Crippen molar-refractivity contribution in [1.29, 1.82) is 0 Å². The first-order valence-electron chi connectivity index (χ1n) is 14.8. The molecule has 0 N–H and O–H groups in total. The van der Waals surface area contributed by atoms with Crippen LogP contribution in [0.4, 0.5) is 0 Å². The van der Waals surface area contributed by atoms with Gasteiger partial charge in [-0.15, -0.1) is 0 Å². The lowest BCUT2D eigenvalue weighted by Gasteiger charge is -2.01. The maximum Gasteiger partial charge on any atom is -0.0533 e. The molecule has 0 aromatic rings. The molecule has 0 spiro atoms. The topological polar surface area (TPSA) is 0 Å². The summed E-state index contributed by atoms with van der Waals surface area (Å²) < 4.78 is 0. The van der Waals surface area contributed by atoms with Crippen molar-refractivity contribution < 1.29 is 0 Å². The summed E-state index contributed by atoms with van der Waals surface area (Å²) in [5, 5.41) is 0. The predicted octanol–water partition coefficient (Wildman–Crippen LogP) is 12.2. The van der Waals surface area contributed by atoms with Crippen LogP contribution >= 0.6 is 0 Å². The summed E-state index contributed by atoms with van der Waals surface area (Å²) in [5.74, 6) is 0. The number of unbranched alkanes of at least 4 members (excludes halogenated alkanes) is 24. The standard InChI is InChI=1S/2C15H32/c2*1-3-5-7-9-11-13-15-14-12-10-8-6-4-2/h2*3-15H2,1-2H3. The molecule has 0 rings (SSSR count). The molecule has 184 valence electrons. The predicted molar refractivity (Wildman–Crippen MR) is 143 cm³/mol. The Morgan fingerprint density at radius 1 is 0.167 bits per heavy atom. The number of hydrogen-bond acceptors (Lipinski definition) is 0. The monoisotopic (exact) mass is 425 g/mol. The van der Waals surface area contributed by atoms with Gasteiger partial charge in [-0.2, -0.15) is 0 Å². The summed E-state index contributed by atoms with van der Waals surface area (Å²) >= 11 is 0. The minimum atomic E-state index is 1.37. The van der Waals surface area contributed by atoms with E-state index < -0.39 is 0 Å². The lowest BCUT2D eigenvalue weighted by atomic mass is 10.1. The van der Waals surface area contributed by atoms with Gasteiger partial charge in [-0.05, 0) is 0 Å². The molecular formula is C30H64. The molecule has 0 aliphatic heterocycles. The minimum Gasteiger partial charge on any atom is -0.0654 e. The molecule has 0 radical (unpaired) electrons. The second-order valence-corrected chi connectivity index (χ2v) is 9.78. The molecule has 0 unspecified atom stereocenters. The minimum absolute atomic E-state index is 1.37. The van der Waals surface area contributed by atoms with Crippen LogP contribution in [-0.4, -0.2) is 0 Å². The van der Waals surface area contributed by atoms with Crippen LogP contribution in [0, 0.1) is 0 Å². The zero-order valence-corrected chi connectivity index (χ0v) is 22.4. The quantitative estimate of drug-likeness (QED) is 0.135. The summed E-state index contributed by atoms with van der Waals surface area (Å²) in [6, 6.07) is 0. The van der Waals surface area contributed by atoms with Gasteiger partial charge in [0.2, 0.25) is 0 Å². The van der Waals surface area contributed by atoms with Crippen LogP contribution in [0.5, 0.6) is 0 Å². The summed E-state index contributed by atoms with van der Waals surface area (Å²) in [6.45, 7) is 9.15. The first-order valence-corrected chi connectivity index (χ1v) is 14.8. The van der Waals surface area contributed by atoms with E-state index in [4.69, 9.17) is 0 Å². The Morgan fingerprint density at radius 3 is 0.367 bits per heavy atom. The largest absolute Gasteiger partial charge is 0.0654 e. The van der Waals surface area contributed by atoms with E-state index in [1.165, 1.54) is 167 Å². The summed E-state index contributed by atoms with van der Waals surface area (Å²) in [5.41, 5.74) is 0. The average Bonchev–Trinajstić information content (AvgIpc) is 2.76. The van der Waals surface area contributed by atoms with E-state index in [0.717, 1.165) is 0 Å². The fourth-order valence-corrected chi connectivity index (χ4v) is 4.18.